The van der Waals surface area contributed by atoms with Gasteiger partial charge in [-0.05, 0) is 44.6 Å². The Kier molecular flexibility index (Phi) is 5.11. The van der Waals surface area contributed by atoms with Crippen LogP contribution in [0.4, 0.5) is 0 Å². The number of hydrogen-bond donors (Lipinski definition) is 0. The number of hydrogen-bond acceptors (Lipinski definition) is 4. The molecule has 0 radical (unpaired) electrons. The summed E-state index contributed by atoms with van der Waals surface area (Å²) in [5, 5.41) is 1.27. The summed E-state index contributed by atoms with van der Waals surface area (Å²) in [5.74, 6) is 2.61. The predicted molar refractivity (Wildman–Crippen MR) is 120 cm³/mol. The number of benzene rings is 2. The molecule has 1 unspecified atom stereocenters. The van der Waals surface area contributed by atoms with Gasteiger partial charge in [-0.2, -0.15) is 0 Å². The molecule has 0 saturated carbocycles. The summed E-state index contributed by atoms with van der Waals surface area (Å²) in [5.41, 5.74) is 0.834. The Labute approximate surface area is 175 Å². The van der Waals surface area contributed by atoms with Gasteiger partial charge in [-0.25, -0.2) is 4.99 Å². The summed E-state index contributed by atoms with van der Waals surface area (Å²) >= 11 is 0. The van der Waals surface area contributed by atoms with Crippen molar-refractivity contribution in [2.45, 2.75) is 51.7 Å². The first-order chi connectivity index (χ1) is 13.7. The number of rotatable bonds is 4. The molecule has 0 amide bonds. The van der Waals surface area contributed by atoms with Crippen LogP contribution in [-0.4, -0.2) is 30.6 Å². The number of nitrogens with zero attached hydrogens (tertiary/aromatic N) is 1. The highest BCUT2D eigenvalue weighted by molar-refractivity contribution is 7.68. The van der Waals surface area contributed by atoms with Crippen LogP contribution in [0, 0.1) is 5.41 Å². The highest BCUT2D eigenvalue weighted by atomic mass is 31.1. The molecule has 3 atom stereocenters. The third kappa shape index (κ3) is 3.53. The van der Waals surface area contributed by atoms with E-state index >= 15 is 0 Å². The molecular weight excluding hydrogens is 381 g/mol. The van der Waals surface area contributed by atoms with Crippen LogP contribution in [-0.2, 0) is 4.74 Å². The fourth-order valence-corrected chi connectivity index (χ4v) is 7.48. The topological polar surface area (TPSA) is 40.0 Å². The van der Waals surface area contributed by atoms with E-state index in [0.29, 0.717) is 6.61 Å². The second-order valence-electron chi connectivity index (χ2n) is 9.21. The highest BCUT2D eigenvalue weighted by Crippen LogP contribution is 2.64. The summed E-state index contributed by atoms with van der Waals surface area (Å²) in [6.45, 7) is 11.8. The van der Waals surface area contributed by atoms with E-state index in [9.17, 15) is 0 Å². The molecule has 0 bridgehead atoms. The van der Waals surface area contributed by atoms with Crippen molar-refractivity contribution in [2.75, 3.05) is 13.7 Å². The van der Waals surface area contributed by atoms with Gasteiger partial charge in [-0.15, -0.1) is 0 Å². The normalized spacial score (nSPS) is 23.8. The van der Waals surface area contributed by atoms with Crippen molar-refractivity contribution < 1.29 is 14.2 Å². The van der Waals surface area contributed by atoms with Crippen molar-refractivity contribution in [3.63, 3.8) is 0 Å². The Morgan fingerprint density at radius 3 is 2.38 bits per heavy atom. The van der Waals surface area contributed by atoms with Gasteiger partial charge < -0.3 is 14.2 Å². The third-order valence-corrected chi connectivity index (χ3v) is 9.21. The average Bonchev–Trinajstić information content (AvgIpc) is 3.34. The minimum Gasteiger partial charge on any atom is -0.496 e. The molecule has 0 spiro atoms. The number of ether oxygens (including phenoxy) is 3. The zero-order chi connectivity index (χ0) is 20.8. The van der Waals surface area contributed by atoms with Crippen LogP contribution in [0.5, 0.6) is 11.5 Å². The van der Waals surface area contributed by atoms with E-state index in [-0.39, 0.29) is 22.5 Å². The second kappa shape index (κ2) is 7.32. The monoisotopic (exact) mass is 411 g/mol. The van der Waals surface area contributed by atoms with Gasteiger partial charge in [-0.3, -0.25) is 0 Å². The minimum absolute atomic E-state index is 0.0305. The van der Waals surface area contributed by atoms with Crippen molar-refractivity contribution in [1.29, 1.82) is 0 Å². The van der Waals surface area contributed by atoms with Gasteiger partial charge in [-0.1, -0.05) is 57.2 Å². The van der Waals surface area contributed by atoms with Gasteiger partial charge in [0.25, 0.3) is 0 Å². The van der Waals surface area contributed by atoms with Crippen LogP contribution >= 0.6 is 7.92 Å². The first kappa shape index (κ1) is 20.2. The van der Waals surface area contributed by atoms with Crippen molar-refractivity contribution in [1.82, 2.24) is 0 Å². The number of aliphatic imine (C=N–C) groups is 1. The van der Waals surface area contributed by atoms with Crippen LogP contribution in [0.3, 0.4) is 0 Å². The Balaban J connectivity index is 1.71. The molecule has 154 valence electrons. The zero-order valence-corrected chi connectivity index (χ0v) is 19.0. The van der Waals surface area contributed by atoms with E-state index in [0.717, 1.165) is 17.4 Å². The standard InChI is InChI=1S/C24H30NO3P/c1-23(2,3)29-20-18(26-6)13-10-14-19(20)28-22(29)24(4,5)21-25-17(15-27-21)16-11-8-7-9-12-16/h7-14,17,22H,15H2,1-6H3/t17-,22?,29-/m0/s1. The quantitative estimate of drug-likeness (QED) is 0.623. The molecule has 2 aliphatic rings. The lowest BCUT2D eigenvalue weighted by Gasteiger charge is -2.39. The smallest absolute Gasteiger partial charge is 0.194 e. The summed E-state index contributed by atoms with van der Waals surface area (Å²) in [6, 6.07) is 16.5. The third-order valence-electron chi connectivity index (χ3n) is 5.62. The lowest BCUT2D eigenvalue weighted by molar-refractivity contribution is 0.173. The minimum atomic E-state index is -0.673. The molecule has 2 aromatic carbocycles. The van der Waals surface area contributed by atoms with E-state index in [1.54, 1.807) is 7.11 Å². The van der Waals surface area contributed by atoms with Crippen molar-refractivity contribution in [2.24, 2.45) is 10.4 Å². The van der Waals surface area contributed by atoms with E-state index in [4.69, 9.17) is 19.2 Å². The Hall–Kier alpha value is -2.06. The fraction of sp³-hybridized carbons (Fsp3) is 0.458. The largest absolute Gasteiger partial charge is 0.496 e. The van der Waals surface area contributed by atoms with E-state index in [2.05, 4.69) is 65.0 Å². The van der Waals surface area contributed by atoms with Gasteiger partial charge in [0.15, 0.2) is 5.90 Å². The van der Waals surface area contributed by atoms with E-state index in [1.807, 2.05) is 18.2 Å². The van der Waals surface area contributed by atoms with Crippen LogP contribution in [0.25, 0.3) is 0 Å². The molecule has 0 fully saturated rings. The summed E-state index contributed by atoms with van der Waals surface area (Å²) in [6.07, 6.45) is 0. The molecular formula is C24H30NO3P. The Morgan fingerprint density at radius 2 is 1.72 bits per heavy atom. The molecule has 2 heterocycles. The summed E-state index contributed by atoms with van der Waals surface area (Å²) in [7, 11) is 1.06. The summed E-state index contributed by atoms with van der Waals surface area (Å²) < 4.78 is 18.5. The fourth-order valence-electron chi connectivity index (χ4n) is 4.12. The second-order valence-corrected chi connectivity index (χ2v) is 12.2. The first-order valence-corrected chi connectivity index (χ1v) is 11.5. The molecule has 29 heavy (non-hydrogen) atoms. The van der Waals surface area contributed by atoms with Gasteiger partial charge >= 0.3 is 0 Å². The van der Waals surface area contributed by atoms with Crippen molar-refractivity contribution >= 4 is 19.1 Å². The van der Waals surface area contributed by atoms with E-state index in [1.165, 1.54) is 10.9 Å². The zero-order valence-electron chi connectivity index (χ0n) is 18.1. The molecule has 0 aromatic heterocycles. The van der Waals surface area contributed by atoms with Crippen molar-refractivity contribution in [3.05, 3.63) is 54.1 Å². The van der Waals surface area contributed by atoms with Gasteiger partial charge in [0.1, 0.15) is 30.0 Å². The first-order valence-electron chi connectivity index (χ1n) is 10.1. The maximum atomic E-state index is 6.59. The van der Waals surface area contributed by atoms with Crippen molar-refractivity contribution in [3.8, 4) is 11.5 Å². The molecule has 2 aromatic rings. The summed E-state index contributed by atoms with van der Waals surface area (Å²) in [4.78, 5) is 4.99. The van der Waals surface area contributed by atoms with Crippen LogP contribution < -0.4 is 14.8 Å². The lowest BCUT2D eigenvalue weighted by atomic mass is 9.94. The number of methoxy groups -OCH3 is 1. The number of fused-ring (bicyclic) bond motifs is 1. The SMILES string of the molecule is COc1cccc2c1[P@](C(C)(C)C)C(C(C)(C)C1=N[C@H](c3ccccc3)CO1)O2. The molecule has 0 N–H and O–H groups in total. The average molecular weight is 411 g/mol. The molecule has 0 aliphatic carbocycles. The molecule has 0 saturated heterocycles. The van der Waals surface area contributed by atoms with Gasteiger partial charge in [0, 0.05) is 0 Å². The maximum Gasteiger partial charge on any atom is 0.194 e. The Morgan fingerprint density at radius 1 is 1.00 bits per heavy atom. The van der Waals surface area contributed by atoms with Crippen LogP contribution in [0.1, 0.15) is 46.2 Å². The van der Waals surface area contributed by atoms with E-state index < -0.39 is 7.92 Å². The van der Waals surface area contributed by atoms with Crippen LogP contribution in [0.15, 0.2) is 53.5 Å². The molecule has 5 heteroatoms. The Bertz CT molecular complexity index is 917. The maximum absolute atomic E-state index is 6.59. The molecule has 4 nitrogen and oxygen atoms in total. The molecule has 2 aliphatic heterocycles. The highest BCUT2D eigenvalue weighted by Gasteiger charge is 2.53. The predicted octanol–water partition coefficient (Wildman–Crippen LogP) is 5.52. The molecule has 4 rings (SSSR count). The lowest BCUT2D eigenvalue weighted by Crippen LogP contribution is -2.41. The van der Waals surface area contributed by atoms with Crippen LogP contribution in [0.2, 0.25) is 0 Å². The van der Waals surface area contributed by atoms with Gasteiger partial charge in [0.05, 0.1) is 17.8 Å². The van der Waals surface area contributed by atoms with Gasteiger partial charge in [0.2, 0.25) is 0 Å².